The highest BCUT2D eigenvalue weighted by molar-refractivity contribution is 6.12. The Hall–Kier alpha value is -2.76. The van der Waals surface area contributed by atoms with E-state index in [1.807, 2.05) is 0 Å². The molecule has 2 aromatic heterocycles. The van der Waals surface area contributed by atoms with Crippen LogP contribution in [-0.2, 0) is 9.59 Å². The van der Waals surface area contributed by atoms with Crippen molar-refractivity contribution in [1.82, 2.24) is 5.32 Å². The second-order valence-electron chi connectivity index (χ2n) is 5.20. The van der Waals surface area contributed by atoms with E-state index in [0.29, 0.717) is 29.7 Å². The SMILES string of the molecule is Nc1cc2occ(C3CCC(=O)NC3=O)c2c2ccoc12. The molecule has 0 saturated carbocycles. The van der Waals surface area contributed by atoms with E-state index >= 15 is 0 Å². The van der Waals surface area contributed by atoms with Crippen LogP contribution < -0.4 is 11.1 Å². The second kappa shape index (κ2) is 4.12. The first-order valence-corrected chi connectivity index (χ1v) is 6.65. The van der Waals surface area contributed by atoms with Crippen LogP contribution >= 0.6 is 0 Å². The van der Waals surface area contributed by atoms with Crippen LogP contribution in [0.2, 0.25) is 0 Å². The molecule has 106 valence electrons. The van der Waals surface area contributed by atoms with Crippen LogP contribution in [0.3, 0.4) is 0 Å². The number of hydrogen-bond donors (Lipinski definition) is 2. The van der Waals surface area contributed by atoms with Gasteiger partial charge in [-0.05, 0) is 12.5 Å². The van der Waals surface area contributed by atoms with Gasteiger partial charge in [0.25, 0.3) is 0 Å². The second-order valence-corrected chi connectivity index (χ2v) is 5.20. The van der Waals surface area contributed by atoms with Gasteiger partial charge in [-0.2, -0.15) is 0 Å². The number of benzene rings is 1. The molecule has 6 nitrogen and oxygen atoms in total. The van der Waals surface area contributed by atoms with Gasteiger partial charge in [-0.1, -0.05) is 0 Å². The van der Waals surface area contributed by atoms with E-state index in [0.717, 1.165) is 16.3 Å². The number of furan rings is 2. The molecule has 0 spiro atoms. The number of carbonyl (C=O) groups excluding carboxylic acids is 2. The summed E-state index contributed by atoms with van der Waals surface area (Å²) in [5, 5.41) is 4.01. The maximum Gasteiger partial charge on any atom is 0.234 e. The Morgan fingerprint density at radius 3 is 2.95 bits per heavy atom. The summed E-state index contributed by atoms with van der Waals surface area (Å²) in [4.78, 5) is 23.3. The number of nitrogens with one attached hydrogen (secondary N) is 1. The van der Waals surface area contributed by atoms with Gasteiger partial charge in [-0.25, -0.2) is 0 Å². The number of imide groups is 1. The van der Waals surface area contributed by atoms with Gasteiger partial charge in [0.05, 0.1) is 24.1 Å². The fraction of sp³-hybridized carbons (Fsp3) is 0.200. The molecule has 1 aliphatic rings. The van der Waals surface area contributed by atoms with E-state index < -0.39 is 5.92 Å². The first-order valence-electron chi connectivity index (χ1n) is 6.65. The van der Waals surface area contributed by atoms with Crippen LogP contribution in [0.5, 0.6) is 0 Å². The largest absolute Gasteiger partial charge is 0.464 e. The van der Waals surface area contributed by atoms with Crippen LogP contribution in [0.25, 0.3) is 21.9 Å². The highest BCUT2D eigenvalue weighted by atomic mass is 16.3. The Morgan fingerprint density at radius 2 is 2.14 bits per heavy atom. The fourth-order valence-corrected chi connectivity index (χ4v) is 2.96. The molecule has 2 amide bonds. The minimum absolute atomic E-state index is 0.234. The maximum absolute atomic E-state index is 12.1. The van der Waals surface area contributed by atoms with Crippen molar-refractivity contribution in [3.8, 4) is 0 Å². The highest BCUT2D eigenvalue weighted by Gasteiger charge is 2.31. The number of rotatable bonds is 1. The number of hydrogen-bond acceptors (Lipinski definition) is 5. The molecular formula is C15H12N2O4. The van der Waals surface area contributed by atoms with Gasteiger partial charge in [0.15, 0.2) is 5.58 Å². The van der Waals surface area contributed by atoms with E-state index in [1.165, 1.54) is 0 Å². The standard InChI is InChI=1S/C15H12N2O4/c16-10-5-11-13(8-3-4-20-14(8)10)9(6-21-11)7-1-2-12(18)17-15(7)19/h3-7H,1-2,16H2,(H,17,18,19). The quantitative estimate of drug-likeness (QED) is 0.527. The molecule has 0 bridgehead atoms. The first kappa shape index (κ1) is 12.0. The van der Waals surface area contributed by atoms with Crippen molar-refractivity contribution < 1.29 is 18.4 Å². The van der Waals surface area contributed by atoms with Crippen LogP contribution in [0, 0.1) is 0 Å². The van der Waals surface area contributed by atoms with Crippen LogP contribution in [-0.4, -0.2) is 11.8 Å². The first-order chi connectivity index (χ1) is 10.1. The number of fused-ring (bicyclic) bond motifs is 3. The van der Waals surface area contributed by atoms with E-state index in [9.17, 15) is 9.59 Å². The number of piperidine rings is 1. The molecule has 4 rings (SSSR count). The summed E-state index contributed by atoms with van der Waals surface area (Å²) in [7, 11) is 0. The van der Waals surface area contributed by atoms with Gasteiger partial charge in [0, 0.05) is 28.8 Å². The highest BCUT2D eigenvalue weighted by Crippen LogP contribution is 2.39. The summed E-state index contributed by atoms with van der Waals surface area (Å²) in [6.07, 6.45) is 3.92. The third-order valence-corrected chi connectivity index (χ3v) is 3.95. The summed E-state index contributed by atoms with van der Waals surface area (Å²) in [6, 6.07) is 3.50. The molecule has 0 radical (unpaired) electrons. The molecule has 1 aliphatic heterocycles. The van der Waals surface area contributed by atoms with Crippen molar-refractivity contribution in [1.29, 1.82) is 0 Å². The molecule has 3 heterocycles. The summed E-state index contributed by atoms with van der Waals surface area (Å²) in [6.45, 7) is 0. The van der Waals surface area contributed by atoms with E-state index in [2.05, 4.69) is 5.32 Å². The monoisotopic (exact) mass is 284 g/mol. The Balaban J connectivity index is 1.96. The van der Waals surface area contributed by atoms with Gasteiger partial charge in [0.1, 0.15) is 5.58 Å². The molecule has 1 saturated heterocycles. The lowest BCUT2D eigenvalue weighted by atomic mass is 9.89. The van der Waals surface area contributed by atoms with Crippen molar-refractivity contribution in [2.24, 2.45) is 0 Å². The Labute approximate surface area is 118 Å². The number of nitrogen functional groups attached to an aromatic ring is 1. The van der Waals surface area contributed by atoms with Crippen molar-refractivity contribution in [2.45, 2.75) is 18.8 Å². The van der Waals surface area contributed by atoms with Crippen LogP contribution in [0.15, 0.2) is 33.5 Å². The molecule has 6 heteroatoms. The summed E-state index contributed by atoms with van der Waals surface area (Å²) >= 11 is 0. The van der Waals surface area contributed by atoms with Gasteiger partial charge in [-0.3, -0.25) is 14.9 Å². The lowest BCUT2D eigenvalue weighted by Crippen LogP contribution is -2.39. The lowest BCUT2D eigenvalue weighted by Gasteiger charge is -2.20. The third kappa shape index (κ3) is 1.65. The number of anilines is 1. The smallest absolute Gasteiger partial charge is 0.234 e. The molecule has 21 heavy (non-hydrogen) atoms. The lowest BCUT2D eigenvalue weighted by molar-refractivity contribution is -0.134. The number of nitrogens with two attached hydrogens (primary N) is 1. The van der Waals surface area contributed by atoms with Gasteiger partial charge in [-0.15, -0.1) is 0 Å². The van der Waals surface area contributed by atoms with Gasteiger partial charge in [0.2, 0.25) is 11.8 Å². The normalized spacial score (nSPS) is 19.3. The number of carbonyl (C=O) groups is 2. The summed E-state index contributed by atoms with van der Waals surface area (Å²) in [5.41, 5.74) is 8.37. The fourth-order valence-electron chi connectivity index (χ4n) is 2.96. The molecule has 3 aromatic rings. The molecule has 1 fully saturated rings. The summed E-state index contributed by atoms with van der Waals surface area (Å²) in [5.74, 6) is -0.921. The van der Waals surface area contributed by atoms with Crippen molar-refractivity contribution >= 4 is 39.4 Å². The van der Waals surface area contributed by atoms with Crippen molar-refractivity contribution in [3.05, 3.63) is 30.2 Å². The van der Waals surface area contributed by atoms with E-state index in [1.54, 1.807) is 24.7 Å². The zero-order chi connectivity index (χ0) is 14.6. The molecule has 1 aromatic carbocycles. The third-order valence-electron chi connectivity index (χ3n) is 3.95. The van der Waals surface area contributed by atoms with Gasteiger partial charge < -0.3 is 14.6 Å². The van der Waals surface area contributed by atoms with Crippen molar-refractivity contribution in [2.75, 3.05) is 5.73 Å². The van der Waals surface area contributed by atoms with E-state index in [4.69, 9.17) is 14.6 Å². The molecule has 0 aliphatic carbocycles. The predicted octanol–water partition coefficient (Wildman–Crippen LogP) is 2.28. The Bertz CT molecular complexity index is 890. The molecular weight excluding hydrogens is 272 g/mol. The Kier molecular flexibility index (Phi) is 2.35. The molecule has 1 unspecified atom stereocenters. The average Bonchev–Trinajstić information content (AvgIpc) is 3.05. The van der Waals surface area contributed by atoms with E-state index in [-0.39, 0.29) is 11.8 Å². The number of amides is 2. The van der Waals surface area contributed by atoms with Crippen LogP contribution in [0.4, 0.5) is 5.69 Å². The van der Waals surface area contributed by atoms with Crippen molar-refractivity contribution in [3.63, 3.8) is 0 Å². The average molecular weight is 284 g/mol. The molecule has 1 atom stereocenters. The predicted molar refractivity (Wildman–Crippen MR) is 75.5 cm³/mol. The van der Waals surface area contributed by atoms with Crippen LogP contribution in [0.1, 0.15) is 24.3 Å². The zero-order valence-electron chi connectivity index (χ0n) is 11.0. The zero-order valence-corrected chi connectivity index (χ0v) is 11.0. The summed E-state index contributed by atoms with van der Waals surface area (Å²) < 4.78 is 10.9. The van der Waals surface area contributed by atoms with Gasteiger partial charge >= 0.3 is 0 Å². The Morgan fingerprint density at radius 1 is 1.29 bits per heavy atom. The maximum atomic E-state index is 12.1. The topological polar surface area (TPSA) is 98.5 Å². The minimum Gasteiger partial charge on any atom is -0.464 e. The molecule has 3 N–H and O–H groups in total. The minimum atomic E-state index is -0.398.